The number of β-amino-alcohol motifs (C(OH)–C–C–N with tert-alkyl or cyclic N) is 1. The summed E-state index contributed by atoms with van der Waals surface area (Å²) in [4.78, 5) is 4.71. The van der Waals surface area contributed by atoms with Crippen LogP contribution in [0.2, 0.25) is 0 Å². The summed E-state index contributed by atoms with van der Waals surface area (Å²) in [5.74, 6) is 4.02. The molecule has 2 aliphatic heterocycles. The Morgan fingerprint density at radius 3 is 2.79 bits per heavy atom. The number of aliphatic hydroxyl groups is 1. The topological polar surface area (TPSA) is 45.2 Å². The molecule has 0 aromatic heterocycles. The summed E-state index contributed by atoms with van der Waals surface area (Å²) < 4.78 is 11.5. The molecule has 2 fully saturated rings. The van der Waals surface area contributed by atoms with E-state index < -0.39 is 6.10 Å². The highest BCUT2D eigenvalue weighted by Gasteiger charge is 2.17. The van der Waals surface area contributed by atoms with Gasteiger partial charge < -0.3 is 19.5 Å². The summed E-state index contributed by atoms with van der Waals surface area (Å²) in [6.45, 7) is 6.99. The van der Waals surface area contributed by atoms with Crippen molar-refractivity contribution in [3.05, 3.63) is 29.8 Å². The van der Waals surface area contributed by atoms with Crippen molar-refractivity contribution in [3.63, 3.8) is 0 Å². The molecule has 6 heteroatoms. The Morgan fingerprint density at radius 1 is 1.25 bits per heavy atom. The molecule has 0 unspecified atom stereocenters. The summed E-state index contributed by atoms with van der Waals surface area (Å²) in [5.41, 5.74) is 1.19. The Bertz CT molecular complexity index is 562. The molecule has 2 heterocycles. The molecule has 158 valence electrons. The summed E-state index contributed by atoms with van der Waals surface area (Å²) in [6.07, 6.45) is 3.18. The maximum atomic E-state index is 10.4. The van der Waals surface area contributed by atoms with E-state index in [9.17, 15) is 5.11 Å². The minimum atomic E-state index is -0.442. The molecule has 28 heavy (non-hydrogen) atoms. The predicted molar refractivity (Wildman–Crippen MR) is 116 cm³/mol. The fraction of sp³-hybridized carbons (Fsp3) is 0.727. The zero-order valence-electron chi connectivity index (χ0n) is 17.2. The van der Waals surface area contributed by atoms with E-state index in [4.69, 9.17) is 9.47 Å². The lowest BCUT2D eigenvalue weighted by Crippen LogP contribution is -2.40. The van der Waals surface area contributed by atoms with Crippen molar-refractivity contribution in [2.75, 3.05) is 64.6 Å². The van der Waals surface area contributed by atoms with Crippen LogP contribution in [0.3, 0.4) is 0 Å². The molecule has 0 aliphatic carbocycles. The smallest absolute Gasteiger partial charge is 0.123 e. The Morgan fingerprint density at radius 2 is 2.00 bits per heavy atom. The van der Waals surface area contributed by atoms with E-state index in [0.29, 0.717) is 13.2 Å². The summed E-state index contributed by atoms with van der Waals surface area (Å²) in [6, 6.07) is 8.23. The molecular weight excluding hydrogens is 372 g/mol. The first-order valence-corrected chi connectivity index (χ1v) is 11.8. The van der Waals surface area contributed by atoms with E-state index >= 15 is 0 Å². The van der Waals surface area contributed by atoms with Gasteiger partial charge in [-0.3, -0.25) is 4.90 Å². The van der Waals surface area contributed by atoms with Gasteiger partial charge >= 0.3 is 0 Å². The quantitative estimate of drug-likeness (QED) is 0.642. The second-order valence-corrected chi connectivity index (χ2v) is 9.29. The number of rotatable bonds is 10. The van der Waals surface area contributed by atoms with E-state index in [0.717, 1.165) is 62.6 Å². The van der Waals surface area contributed by atoms with Gasteiger partial charge in [-0.05, 0) is 44.8 Å². The van der Waals surface area contributed by atoms with Crippen molar-refractivity contribution in [2.24, 2.45) is 5.92 Å². The molecule has 0 spiro atoms. The predicted octanol–water partition coefficient (Wildman–Crippen LogP) is 2.72. The van der Waals surface area contributed by atoms with Gasteiger partial charge in [-0.1, -0.05) is 18.2 Å². The molecule has 1 aromatic carbocycles. The fourth-order valence-corrected chi connectivity index (χ4v) is 4.88. The maximum absolute atomic E-state index is 10.4. The first-order valence-electron chi connectivity index (χ1n) is 10.7. The average molecular weight is 409 g/mol. The van der Waals surface area contributed by atoms with Gasteiger partial charge in [0.05, 0.1) is 0 Å². The van der Waals surface area contributed by atoms with Crippen LogP contribution >= 0.6 is 11.8 Å². The van der Waals surface area contributed by atoms with Crippen LogP contribution in [0.4, 0.5) is 0 Å². The minimum Gasteiger partial charge on any atom is -0.491 e. The van der Waals surface area contributed by atoms with Gasteiger partial charge in [0.25, 0.3) is 0 Å². The van der Waals surface area contributed by atoms with Gasteiger partial charge in [0, 0.05) is 56.5 Å². The van der Waals surface area contributed by atoms with E-state index in [-0.39, 0.29) is 0 Å². The molecule has 1 aromatic rings. The maximum Gasteiger partial charge on any atom is 0.123 e. The second kappa shape index (κ2) is 12.0. The minimum absolute atomic E-state index is 0.354. The highest BCUT2D eigenvalue weighted by molar-refractivity contribution is 7.99. The van der Waals surface area contributed by atoms with Crippen LogP contribution in [0.25, 0.3) is 0 Å². The van der Waals surface area contributed by atoms with Crippen LogP contribution in [0.15, 0.2) is 24.3 Å². The third kappa shape index (κ3) is 7.56. The number of benzene rings is 1. The Hall–Kier alpha value is -0.790. The lowest BCUT2D eigenvalue weighted by Gasteiger charge is -2.28. The fourth-order valence-electron chi connectivity index (χ4n) is 3.90. The largest absolute Gasteiger partial charge is 0.491 e. The molecule has 0 saturated carbocycles. The van der Waals surface area contributed by atoms with E-state index in [1.807, 2.05) is 23.9 Å². The first kappa shape index (κ1) is 21.9. The Labute approximate surface area is 174 Å². The van der Waals surface area contributed by atoms with Crippen molar-refractivity contribution >= 4 is 11.8 Å². The molecule has 1 N–H and O–H groups in total. The number of ether oxygens (including phenoxy) is 2. The zero-order chi connectivity index (χ0) is 19.6. The van der Waals surface area contributed by atoms with E-state index in [1.165, 1.54) is 24.8 Å². The number of hydrogen-bond donors (Lipinski definition) is 1. The lowest BCUT2D eigenvalue weighted by molar-refractivity contribution is 0.0606. The van der Waals surface area contributed by atoms with Gasteiger partial charge in [0.2, 0.25) is 0 Å². The third-order valence-electron chi connectivity index (χ3n) is 5.68. The number of nitrogens with zero attached hydrogens (tertiary/aromatic N) is 2. The monoisotopic (exact) mass is 408 g/mol. The molecule has 3 rings (SSSR count). The van der Waals surface area contributed by atoms with Gasteiger partial charge in [0.1, 0.15) is 18.5 Å². The van der Waals surface area contributed by atoms with Gasteiger partial charge in [0.15, 0.2) is 0 Å². The molecule has 1 atom stereocenters. The van der Waals surface area contributed by atoms with Crippen LogP contribution in [0, 0.1) is 5.92 Å². The molecule has 0 bridgehead atoms. The number of para-hydroxylation sites is 1. The van der Waals surface area contributed by atoms with E-state index in [1.54, 1.807) is 0 Å². The van der Waals surface area contributed by atoms with E-state index in [2.05, 4.69) is 29.0 Å². The number of thioether (sulfide) groups is 1. The van der Waals surface area contributed by atoms with Crippen LogP contribution in [-0.4, -0.2) is 85.6 Å². The Balaban J connectivity index is 1.42. The van der Waals surface area contributed by atoms with Crippen molar-refractivity contribution in [1.29, 1.82) is 0 Å². The van der Waals surface area contributed by atoms with Crippen LogP contribution < -0.4 is 4.74 Å². The lowest BCUT2D eigenvalue weighted by atomic mass is 9.96. The normalized spacial score (nSPS) is 20.4. The standard InChI is InChI=1S/C22H36N2O3S/c1-23(9-6-19-7-12-26-13-8-19)16-20-4-2-3-5-22(20)27-18-21(25)17-24-10-14-28-15-11-24/h2-5,19,21,25H,6-18H2,1H3/t21-/m0/s1. The SMILES string of the molecule is CN(CCC1CCOCC1)Cc1ccccc1OC[C@@H](O)CN1CCSCC1. The number of aliphatic hydroxyl groups excluding tert-OH is 1. The molecule has 2 saturated heterocycles. The highest BCUT2D eigenvalue weighted by Crippen LogP contribution is 2.22. The zero-order valence-corrected chi connectivity index (χ0v) is 18.0. The summed E-state index contributed by atoms with van der Waals surface area (Å²) in [7, 11) is 2.18. The molecule has 2 aliphatic rings. The van der Waals surface area contributed by atoms with Crippen LogP contribution in [-0.2, 0) is 11.3 Å². The van der Waals surface area contributed by atoms with Gasteiger partial charge in [-0.2, -0.15) is 11.8 Å². The van der Waals surface area contributed by atoms with Gasteiger partial charge in [-0.15, -0.1) is 0 Å². The number of hydrogen-bond acceptors (Lipinski definition) is 6. The first-order chi connectivity index (χ1) is 13.7. The van der Waals surface area contributed by atoms with Crippen LogP contribution in [0.5, 0.6) is 5.75 Å². The molecule has 5 nitrogen and oxygen atoms in total. The van der Waals surface area contributed by atoms with Crippen molar-refractivity contribution in [1.82, 2.24) is 9.80 Å². The molecule has 0 radical (unpaired) electrons. The summed E-state index contributed by atoms with van der Waals surface area (Å²) in [5, 5.41) is 10.4. The van der Waals surface area contributed by atoms with Crippen LogP contribution in [0.1, 0.15) is 24.8 Å². The molecular formula is C22H36N2O3S. The Kier molecular flexibility index (Phi) is 9.41. The average Bonchev–Trinajstić information content (AvgIpc) is 2.73. The van der Waals surface area contributed by atoms with Crippen molar-refractivity contribution < 1.29 is 14.6 Å². The van der Waals surface area contributed by atoms with Crippen molar-refractivity contribution in [3.8, 4) is 5.75 Å². The van der Waals surface area contributed by atoms with Gasteiger partial charge in [-0.25, -0.2) is 0 Å². The molecule has 0 amide bonds. The summed E-state index contributed by atoms with van der Waals surface area (Å²) >= 11 is 1.99. The third-order valence-corrected chi connectivity index (χ3v) is 6.62. The second-order valence-electron chi connectivity index (χ2n) is 8.07. The highest BCUT2D eigenvalue weighted by atomic mass is 32.2. The van der Waals surface area contributed by atoms with Crippen molar-refractivity contribution in [2.45, 2.75) is 31.9 Å².